The van der Waals surface area contributed by atoms with Gasteiger partial charge in [-0.1, -0.05) is 27.7 Å². The van der Waals surface area contributed by atoms with Gasteiger partial charge in [0, 0.05) is 37.8 Å². The predicted octanol–water partition coefficient (Wildman–Crippen LogP) is 1.75. The van der Waals surface area contributed by atoms with Gasteiger partial charge in [0.15, 0.2) is 0 Å². The number of hydrogen-bond donors (Lipinski definition) is 2. The molecule has 1 heterocycles. The molecular weight excluding hydrogens is 252 g/mol. The number of aryl methyl sites for hydroxylation is 2. The van der Waals surface area contributed by atoms with Crippen LogP contribution >= 0.6 is 0 Å². The van der Waals surface area contributed by atoms with Crippen molar-refractivity contribution in [3.63, 3.8) is 0 Å². The van der Waals surface area contributed by atoms with Crippen LogP contribution in [0, 0.1) is 5.41 Å². The van der Waals surface area contributed by atoms with Crippen molar-refractivity contribution in [1.29, 1.82) is 0 Å². The monoisotopic (exact) mass is 280 g/mol. The molecule has 0 aliphatic heterocycles. The summed E-state index contributed by atoms with van der Waals surface area (Å²) in [6.07, 6.45) is 4.04. The lowest BCUT2D eigenvalue weighted by atomic mass is 9.87. The molecule has 0 radical (unpaired) electrons. The number of carbonyl (C=O) groups excluding carboxylic acids is 1. The van der Waals surface area contributed by atoms with Gasteiger partial charge in [-0.25, -0.2) is 0 Å². The number of hydrogen-bond acceptors (Lipinski definition) is 3. The summed E-state index contributed by atoms with van der Waals surface area (Å²) in [4.78, 5) is 11.9. The average molecular weight is 280 g/mol. The van der Waals surface area contributed by atoms with Gasteiger partial charge in [-0.05, 0) is 18.3 Å². The van der Waals surface area contributed by atoms with E-state index in [1.807, 2.05) is 13.2 Å². The van der Waals surface area contributed by atoms with Crippen molar-refractivity contribution in [3.05, 3.63) is 17.5 Å². The van der Waals surface area contributed by atoms with Crippen molar-refractivity contribution < 1.29 is 4.79 Å². The minimum absolute atomic E-state index is 0.00709. The second kappa shape index (κ2) is 6.88. The maximum absolute atomic E-state index is 11.9. The summed E-state index contributed by atoms with van der Waals surface area (Å²) in [5.41, 5.74) is 8.27. The molecule has 0 saturated heterocycles. The smallest absolute Gasteiger partial charge is 0.221 e. The van der Waals surface area contributed by atoms with Crippen LogP contribution in [0.25, 0.3) is 0 Å². The van der Waals surface area contributed by atoms with Gasteiger partial charge < -0.3 is 11.1 Å². The highest BCUT2D eigenvalue weighted by molar-refractivity contribution is 5.76. The SMILES string of the molecule is CCc1nn(C)cc1CNC(=O)CC(N)CC(C)(C)C. The van der Waals surface area contributed by atoms with Crippen LogP contribution in [0.5, 0.6) is 0 Å². The molecule has 3 N–H and O–H groups in total. The molecule has 5 heteroatoms. The van der Waals surface area contributed by atoms with E-state index in [1.165, 1.54) is 0 Å². The molecule has 0 aliphatic rings. The Morgan fingerprint density at radius 2 is 2.15 bits per heavy atom. The van der Waals surface area contributed by atoms with Gasteiger partial charge in [-0.15, -0.1) is 0 Å². The van der Waals surface area contributed by atoms with Gasteiger partial charge in [-0.2, -0.15) is 5.10 Å². The number of carbonyl (C=O) groups is 1. The zero-order valence-corrected chi connectivity index (χ0v) is 13.4. The summed E-state index contributed by atoms with van der Waals surface area (Å²) in [6.45, 7) is 8.99. The number of nitrogens with zero attached hydrogens (tertiary/aromatic N) is 2. The standard InChI is InChI=1S/C15H28N4O/c1-6-13-11(10-19(5)18-13)9-17-14(20)7-12(16)8-15(2,3)4/h10,12H,6-9,16H2,1-5H3,(H,17,20). The van der Waals surface area contributed by atoms with Crippen LogP contribution in [0.15, 0.2) is 6.20 Å². The Bertz CT molecular complexity index is 445. The van der Waals surface area contributed by atoms with Crippen molar-refractivity contribution in [3.8, 4) is 0 Å². The van der Waals surface area contributed by atoms with E-state index in [0.717, 1.165) is 24.1 Å². The molecule has 1 rings (SSSR count). The Morgan fingerprint density at radius 1 is 1.50 bits per heavy atom. The first-order valence-corrected chi connectivity index (χ1v) is 7.25. The molecule has 0 bridgehead atoms. The summed E-state index contributed by atoms with van der Waals surface area (Å²) < 4.78 is 1.78. The molecule has 1 aromatic rings. The van der Waals surface area contributed by atoms with Crippen molar-refractivity contribution >= 4 is 5.91 Å². The van der Waals surface area contributed by atoms with E-state index < -0.39 is 0 Å². The van der Waals surface area contributed by atoms with E-state index in [1.54, 1.807) is 4.68 Å². The molecule has 20 heavy (non-hydrogen) atoms. The Morgan fingerprint density at radius 3 is 2.70 bits per heavy atom. The van der Waals surface area contributed by atoms with E-state index in [9.17, 15) is 4.79 Å². The third kappa shape index (κ3) is 5.74. The largest absolute Gasteiger partial charge is 0.352 e. The van der Waals surface area contributed by atoms with Gasteiger partial charge in [0.2, 0.25) is 5.91 Å². The Balaban J connectivity index is 2.43. The topological polar surface area (TPSA) is 72.9 Å². The van der Waals surface area contributed by atoms with Gasteiger partial charge in [0.25, 0.3) is 0 Å². The number of amides is 1. The van der Waals surface area contributed by atoms with E-state index in [0.29, 0.717) is 13.0 Å². The minimum Gasteiger partial charge on any atom is -0.352 e. The molecule has 1 aromatic heterocycles. The van der Waals surface area contributed by atoms with Crippen LogP contribution in [0.3, 0.4) is 0 Å². The van der Waals surface area contributed by atoms with Crippen LogP contribution in [0.2, 0.25) is 0 Å². The summed E-state index contributed by atoms with van der Waals surface area (Å²) >= 11 is 0. The number of nitrogens with one attached hydrogen (secondary N) is 1. The van der Waals surface area contributed by atoms with Gasteiger partial charge >= 0.3 is 0 Å². The first kappa shape index (κ1) is 16.7. The van der Waals surface area contributed by atoms with E-state index >= 15 is 0 Å². The van der Waals surface area contributed by atoms with Gasteiger partial charge in [-0.3, -0.25) is 9.48 Å². The number of aromatic nitrogens is 2. The maximum Gasteiger partial charge on any atom is 0.221 e. The fraction of sp³-hybridized carbons (Fsp3) is 0.733. The summed E-state index contributed by atoms with van der Waals surface area (Å²) in [7, 11) is 1.89. The average Bonchev–Trinajstić information content (AvgIpc) is 2.64. The van der Waals surface area contributed by atoms with Gasteiger partial charge in [0.1, 0.15) is 0 Å². The van der Waals surface area contributed by atoms with Gasteiger partial charge in [0.05, 0.1) is 5.69 Å². The van der Waals surface area contributed by atoms with E-state index in [-0.39, 0.29) is 17.4 Å². The quantitative estimate of drug-likeness (QED) is 0.834. The molecule has 0 fully saturated rings. The van der Waals surface area contributed by atoms with E-state index in [2.05, 4.69) is 38.1 Å². The van der Waals surface area contributed by atoms with Crippen molar-refractivity contribution in [1.82, 2.24) is 15.1 Å². The Kier molecular flexibility index (Phi) is 5.74. The van der Waals surface area contributed by atoms with Crippen LogP contribution in [-0.2, 0) is 24.8 Å². The predicted molar refractivity (Wildman–Crippen MR) is 81.1 cm³/mol. The number of nitrogens with two attached hydrogens (primary N) is 1. The molecule has 1 unspecified atom stereocenters. The molecule has 0 aliphatic carbocycles. The maximum atomic E-state index is 11.9. The van der Waals surface area contributed by atoms with Crippen LogP contribution < -0.4 is 11.1 Å². The highest BCUT2D eigenvalue weighted by atomic mass is 16.1. The van der Waals surface area contributed by atoms with Crippen LogP contribution in [0.4, 0.5) is 0 Å². The third-order valence-electron chi connectivity index (χ3n) is 3.12. The Hall–Kier alpha value is -1.36. The normalized spacial score (nSPS) is 13.3. The minimum atomic E-state index is -0.0884. The second-order valence-corrected chi connectivity index (χ2v) is 6.63. The molecule has 1 amide bonds. The first-order chi connectivity index (χ1) is 9.21. The fourth-order valence-electron chi connectivity index (χ4n) is 2.39. The molecular formula is C15H28N4O. The lowest BCUT2D eigenvalue weighted by molar-refractivity contribution is -0.121. The molecule has 0 aromatic carbocycles. The molecule has 0 spiro atoms. The third-order valence-corrected chi connectivity index (χ3v) is 3.12. The fourth-order valence-corrected chi connectivity index (χ4v) is 2.39. The molecule has 5 nitrogen and oxygen atoms in total. The van der Waals surface area contributed by atoms with Crippen LogP contribution in [-0.4, -0.2) is 21.7 Å². The number of rotatable bonds is 6. The summed E-state index contributed by atoms with van der Waals surface area (Å²) in [5, 5.41) is 7.29. The zero-order chi connectivity index (χ0) is 15.3. The first-order valence-electron chi connectivity index (χ1n) is 7.25. The summed E-state index contributed by atoms with van der Waals surface area (Å²) in [6, 6.07) is -0.0884. The van der Waals surface area contributed by atoms with Crippen molar-refractivity contribution in [2.75, 3.05) is 0 Å². The highest BCUT2D eigenvalue weighted by Gasteiger charge is 2.18. The summed E-state index contributed by atoms with van der Waals surface area (Å²) in [5.74, 6) is 0.00709. The van der Waals surface area contributed by atoms with Crippen molar-refractivity contribution in [2.45, 2.75) is 59.5 Å². The highest BCUT2D eigenvalue weighted by Crippen LogP contribution is 2.21. The van der Waals surface area contributed by atoms with Crippen LogP contribution in [0.1, 0.15) is 51.8 Å². The van der Waals surface area contributed by atoms with E-state index in [4.69, 9.17) is 5.73 Å². The Labute approximate surface area is 121 Å². The van der Waals surface area contributed by atoms with Crippen molar-refractivity contribution in [2.24, 2.45) is 18.2 Å². The lowest BCUT2D eigenvalue weighted by Gasteiger charge is -2.22. The molecule has 0 saturated carbocycles. The zero-order valence-electron chi connectivity index (χ0n) is 13.4. The molecule has 114 valence electrons. The molecule has 1 atom stereocenters. The second-order valence-electron chi connectivity index (χ2n) is 6.63. The lowest BCUT2D eigenvalue weighted by Crippen LogP contribution is -2.34.